The van der Waals surface area contributed by atoms with Crippen LogP contribution in [-0.4, -0.2) is 11.5 Å². The smallest absolute Gasteiger partial charge is 0.0757 e. The maximum atomic E-state index is 4.59. The standard InChI is InChI=1S/C6H12N2S/c9-5-7-8-6-3-1-2-4-6/h5-6,8H,1-4H2,(H,7,9). The summed E-state index contributed by atoms with van der Waals surface area (Å²) in [6, 6.07) is 0.657. The summed E-state index contributed by atoms with van der Waals surface area (Å²) in [5.74, 6) is 0. The number of nitrogens with one attached hydrogen (secondary N) is 2. The van der Waals surface area contributed by atoms with Gasteiger partial charge in [-0.1, -0.05) is 25.1 Å². The van der Waals surface area contributed by atoms with E-state index in [1.165, 1.54) is 31.2 Å². The Balaban J connectivity index is 2.04. The van der Waals surface area contributed by atoms with Crippen LogP contribution in [-0.2, 0) is 0 Å². The van der Waals surface area contributed by atoms with E-state index in [-0.39, 0.29) is 0 Å². The number of hydrazine groups is 1. The molecule has 0 bridgehead atoms. The van der Waals surface area contributed by atoms with Crippen molar-refractivity contribution in [1.29, 1.82) is 0 Å². The van der Waals surface area contributed by atoms with Crippen LogP contribution in [0.2, 0.25) is 0 Å². The van der Waals surface area contributed by atoms with Crippen molar-refractivity contribution in [2.24, 2.45) is 0 Å². The molecular formula is C6H12N2S. The average Bonchev–Trinajstić information content (AvgIpc) is 2.34. The van der Waals surface area contributed by atoms with Gasteiger partial charge in [0.2, 0.25) is 0 Å². The fourth-order valence-corrected chi connectivity index (χ4v) is 1.29. The molecule has 52 valence electrons. The van der Waals surface area contributed by atoms with Gasteiger partial charge in [-0.2, -0.15) is 0 Å². The Morgan fingerprint density at radius 2 is 2.00 bits per heavy atom. The zero-order valence-corrected chi connectivity index (χ0v) is 6.21. The summed E-state index contributed by atoms with van der Waals surface area (Å²) in [5.41, 5.74) is 7.46. The predicted molar refractivity (Wildman–Crippen MR) is 42.2 cm³/mol. The van der Waals surface area contributed by atoms with Gasteiger partial charge in [0, 0.05) is 6.04 Å². The Bertz CT molecular complexity index is 89.1. The van der Waals surface area contributed by atoms with E-state index in [0.717, 1.165) is 0 Å². The monoisotopic (exact) mass is 144 g/mol. The third-order valence-electron chi connectivity index (χ3n) is 1.70. The van der Waals surface area contributed by atoms with Crippen molar-refractivity contribution in [3.05, 3.63) is 0 Å². The SMILES string of the molecule is S=CNNC1CCCC1. The molecule has 1 rings (SSSR count). The van der Waals surface area contributed by atoms with Crippen LogP contribution in [0.3, 0.4) is 0 Å². The van der Waals surface area contributed by atoms with Gasteiger partial charge in [0.15, 0.2) is 0 Å². The minimum Gasteiger partial charge on any atom is -0.318 e. The van der Waals surface area contributed by atoms with Gasteiger partial charge < -0.3 is 5.43 Å². The molecule has 0 saturated heterocycles. The number of hydrogen-bond acceptors (Lipinski definition) is 2. The summed E-state index contributed by atoms with van der Waals surface area (Å²) in [6.45, 7) is 0. The molecule has 0 aromatic rings. The van der Waals surface area contributed by atoms with Crippen molar-refractivity contribution in [1.82, 2.24) is 10.9 Å². The van der Waals surface area contributed by atoms with E-state index < -0.39 is 0 Å². The second-order valence-electron chi connectivity index (χ2n) is 2.39. The highest BCUT2D eigenvalue weighted by Crippen LogP contribution is 2.16. The van der Waals surface area contributed by atoms with E-state index in [4.69, 9.17) is 0 Å². The first-order valence-corrected chi connectivity index (χ1v) is 3.85. The molecule has 1 aliphatic rings. The topological polar surface area (TPSA) is 24.1 Å². The molecule has 0 unspecified atom stereocenters. The van der Waals surface area contributed by atoms with Crippen LogP contribution in [0.15, 0.2) is 0 Å². The molecule has 9 heavy (non-hydrogen) atoms. The molecule has 0 amide bonds. The third-order valence-corrected chi connectivity index (χ3v) is 1.82. The van der Waals surface area contributed by atoms with Gasteiger partial charge in [0.25, 0.3) is 0 Å². The molecular weight excluding hydrogens is 132 g/mol. The van der Waals surface area contributed by atoms with Gasteiger partial charge in [-0.3, -0.25) is 0 Å². The molecule has 0 spiro atoms. The summed E-state index contributed by atoms with van der Waals surface area (Å²) in [5, 5.41) is 0. The van der Waals surface area contributed by atoms with Crippen molar-refractivity contribution >= 4 is 17.7 Å². The van der Waals surface area contributed by atoms with Gasteiger partial charge in [-0.25, -0.2) is 5.43 Å². The Morgan fingerprint density at radius 3 is 2.56 bits per heavy atom. The summed E-state index contributed by atoms with van der Waals surface area (Å²) < 4.78 is 0. The minimum atomic E-state index is 0.657. The zero-order valence-electron chi connectivity index (χ0n) is 5.39. The Hall–Kier alpha value is -0.150. The molecule has 3 heteroatoms. The van der Waals surface area contributed by atoms with Crippen LogP contribution < -0.4 is 10.9 Å². The number of hydrogen-bond donors (Lipinski definition) is 2. The Labute approximate surface area is 61.0 Å². The van der Waals surface area contributed by atoms with Crippen molar-refractivity contribution < 1.29 is 0 Å². The molecule has 2 N–H and O–H groups in total. The summed E-state index contributed by atoms with van der Waals surface area (Å²) in [4.78, 5) is 0. The largest absolute Gasteiger partial charge is 0.318 e. The van der Waals surface area contributed by atoms with E-state index in [9.17, 15) is 0 Å². The van der Waals surface area contributed by atoms with Crippen LogP contribution in [0.4, 0.5) is 0 Å². The molecule has 0 radical (unpaired) electrons. The van der Waals surface area contributed by atoms with Crippen LogP contribution in [0, 0.1) is 0 Å². The normalized spacial score (nSPS) is 20.0. The maximum Gasteiger partial charge on any atom is 0.0757 e. The van der Waals surface area contributed by atoms with E-state index in [0.29, 0.717) is 6.04 Å². The highest BCUT2D eigenvalue weighted by molar-refractivity contribution is 7.78. The molecule has 0 aromatic heterocycles. The van der Waals surface area contributed by atoms with Crippen molar-refractivity contribution in [3.63, 3.8) is 0 Å². The number of thiocarbonyl (C=S) groups is 1. The maximum absolute atomic E-state index is 4.59. The molecule has 1 fully saturated rings. The number of rotatable bonds is 3. The fraction of sp³-hybridized carbons (Fsp3) is 0.833. The first kappa shape index (κ1) is 6.96. The lowest BCUT2D eigenvalue weighted by Crippen LogP contribution is -2.37. The second kappa shape index (κ2) is 3.80. The van der Waals surface area contributed by atoms with E-state index in [1.807, 2.05) is 0 Å². The quantitative estimate of drug-likeness (QED) is 0.456. The molecule has 1 aliphatic carbocycles. The molecule has 2 nitrogen and oxygen atoms in total. The summed E-state index contributed by atoms with van der Waals surface area (Å²) >= 11 is 4.59. The van der Waals surface area contributed by atoms with Crippen molar-refractivity contribution in [2.45, 2.75) is 31.7 Å². The lowest BCUT2D eigenvalue weighted by atomic mass is 10.3. The zero-order chi connectivity index (χ0) is 6.53. The molecule has 0 aromatic carbocycles. The molecule has 0 aliphatic heterocycles. The van der Waals surface area contributed by atoms with E-state index in [2.05, 4.69) is 23.1 Å². The van der Waals surface area contributed by atoms with E-state index >= 15 is 0 Å². The van der Waals surface area contributed by atoms with Gasteiger partial charge in [0.1, 0.15) is 0 Å². The lowest BCUT2D eigenvalue weighted by Gasteiger charge is -2.09. The van der Waals surface area contributed by atoms with Crippen molar-refractivity contribution in [2.75, 3.05) is 0 Å². The fourth-order valence-electron chi connectivity index (χ4n) is 1.22. The van der Waals surface area contributed by atoms with Crippen LogP contribution in [0.1, 0.15) is 25.7 Å². The van der Waals surface area contributed by atoms with Crippen LogP contribution in [0.5, 0.6) is 0 Å². The second-order valence-corrected chi connectivity index (χ2v) is 2.62. The first-order valence-electron chi connectivity index (χ1n) is 3.38. The van der Waals surface area contributed by atoms with Gasteiger partial charge in [-0.15, -0.1) is 0 Å². The third kappa shape index (κ3) is 2.28. The Kier molecular flexibility index (Phi) is 2.94. The van der Waals surface area contributed by atoms with Gasteiger partial charge in [-0.05, 0) is 12.8 Å². The molecule has 1 saturated carbocycles. The highest BCUT2D eigenvalue weighted by Gasteiger charge is 2.12. The molecule has 0 atom stereocenters. The lowest BCUT2D eigenvalue weighted by molar-refractivity contribution is 0.505. The summed E-state index contributed by atoms with van der Waals surface area (Å²) in [7, 11) is 0. The van der Waals surface area contributed by atoms with E-state index in [1.54, 1.807) is 0 Å². The van der Waals surface area contributed by atoms with Crippen LogP contribution >= 0.6 is 12.2 Å². The molecule has 0 heterocycles. The highest BCUT2D eigenvalue weighted by atomic mass is 32.1. The Morgan fingerprint density at radius 1 is 1.33 bits per heavy atom. The minimum absolute atomic E-state index is 0.657. The average molecular weight is 144 g/mol. The first-order chi connectivity index (χ1) is 4.43. The van der Waals surface area contributed by atoms with Crippen molar-refractivity contribution in [3.8, 4) is 0 Å². The predicted octanol–water partition coefficient (Wildman–Crippen LogP) is 0.980. The van der Waals surface area contributed by atoms with Crippen LogP contribution in [0.25, 0.3) is 0 Å². The van der Waals surface area contributed by atoms with Gasteiger partial charge in [0.05, 0.1) is 5.49 Å². The van der Waals surface area contributed by atoms with Gasteiger partial charge >= 0.3 is 0 Å². The summed E-state index contributed by atoms with van der Waals surface area (Å²) in [6.07, 6.45) is 5.29.